The highest BCUT2D eigenvalue weighted by molar-refractivity contribution is 6.03. The van der Waals surface area contributed by atoms with E-state index in [1.54, 1.807) is 17.0 Å². The molecule has 1 unspecified atom stereocenters. The molecule has 0 bridgehead atoms. The van der Waals surface area contributed by atoms with Crippen molar-refractivity contribution < 1.29 is 18.7 Å². The molecule has 1 atom stereocenters. The Balaban J connectivity index is 1.56. The van der Waals surface area contributed by atoms with Gasteiger partial charge in [-0.1, -0.05) is 24.3 Å². The summed E-state index contributed by atoms with van der Waals surface area (Å²) in [4.78, 5) is 30.3. The van der Waals surface area contributed by atoms with Crippen LogP contribution in [0.4, 0.5) is 9.18 Å². The summed E-state index contributed by atoms with van der Waals surface area (Å²) in [6, 6.07) is 11.7. The lowest BCUT2D eigenvalue weighted by molar-refractivity contribution is -0.133. The highest BCUT2D eigenvalue weighted by Crippen LogP contribution is 2.33. The van der Waals surface area contributed by atoms with Gasteiger partial charge >= 0.3 is 6.03 Å². The van der Waals surface area contributed by atoms with E-state index < -0.39 is 0 Å². The van der Waals surface area contributed by atoms with E-state index in [0.717, 1.165) is 35.5 Å². The van der Waals surface area contributed by atoms with Crippen LogP contribution in [-0.2, 0) is 9.53 Å². The largest absolute Gasteiger partial charge is 0.379 e. The van der Waals surface area contributed by atoms with Crippen LogP contribution in [0, 0.1) is 19.7 Å². The molecule has 2 aliphatic heterocycles. The van der Waals surface area contributed by atoms with Crippen LogP contribution in [0.15, 0.2) is 47.6 Å². The van der Waals surface area contributed by atoms with Gasteiger partial charge in [-0.2, -0.15) is 5.10 Å². The summed E-state index contributed by atoms with van der Waals surface area (Å²) in [6.45, 7) is 10.4. The molecule has 0 aliphatic carbocycles. The molecular weight excluding hydrogens is 473 g/mol. The molecule has 3 amide bonds. The zero-order valence-electron chi connectivity index (χ0n) is 21.9. The van der Waals surface area contributed by atoms with E-state index in [9.17, 15) is 14.0 Å². The number of rotatable bonds is 8. The number of hydrogen-bond donors (Lipinski definition) is 1. The van der Waals surface area contributed by atoms with Crippen LogP contribution < -0.4 is 5.32 Å². The highest BCUT2D eigenvalue weighted by atomic mass is 19.1. The number of aryl methyl sites for hydroxylation is 2. The lowest BCUT2D eigenvalue weighted by atomic mass is 9.96. The number of nitrogens with one attached hydrogen (secondary N) is 1. The Hall–Kier alpha value is -3.30. The van der Waals surface area contributed by atoms with Gasteiger partial charge in [0.1, 0.15) is 12.4 Å². The lowest BCUT2D eigenvalue weighted by Crippen LogP contribution is -2.49. The zero-order chi connectivity index (χ0) is 26.4. The minimum absolute atomic E-state index is 0.0996. The SMILES string of the molecule is CCNC(=O)N(CCN1CCOCC1)CC(=O)N1N=C(c2ccc(C)c(C)c2)CC1c1ccc(F)cc1. The Morgan fingerprint density at radius 1 is 1.11 bits per heavy atom. The first-order chi connectivity index (χ1) is 17.9. The predicted octanol–water partition coefficient (Wildman–Crippen LogP) is 3.48. The molecule has 4 rings (SSSR count). The summed E-state index contributed by atoms with van der Waals surface area (Å²) in [7, 11) is 0. The molecule has 198 valence electrons. The molecule has 2 aromatic carbocycles. The second-order valence-electron chi connectivity index (χ2n) is 9.57. The molecule has 2 aromatic rings. The van der Waals surface area contributed by atoms with Gasteiger partial charge in [0, 0.05) is 39.1 Å². The zero-order valence-corrected chi connectivity index (χ0v) is 21.9. The van der Waals surface area contributed by atoms with E-state index in [0.29, 0.717) is 39.3 Å². The average Bonchev–Trinajstić information content (AvgIpc) is 3.35. The number of nitrogens with zero attached hydrogens (tertiary/aromatic N) is 4. The van der Waals surface area contributed by atoms with E-state index in [4.69, 9.17) is 9.84 Å². The molecule has 37 heavy (non-hydrogen) atoms. The molecule has 1 saturated heterocycles. The van der Waals surface area contributed by atoms with Crippen molar-refractivity contribution in [2.24, 2.45) is 5.10 Å². The molecule has 0 aromatic heterocycles. The van der Waals surface area contributed by atoms with Crippen LogP contribution >= 0.6 is 0 Å². The van der Waals surface area contributed by atoms with Gasteiger partial charge < -0.3 is 15.0 Å². The van der Waals surface area contributed by atoms with Crippen LogP contribution in [-0.4, -0.2) is 84.9 Å². The molecule has 0 radical (unpaired) electrons. The topological polar surface area (TPSA) is 77.5 Å². The third-order valence-corrected chi connectivity index (χ3v) is 6.99. The maximum absolute atomic E-state index is 13.7. The number of amides is 3. The fourth-order valence-corrected chi connectivity index (χ4v) is 4.62. The molecule has 2 aliphatic rings. The van der Waals surface area contributed by atoms with Crippen LogP contribution in [0.5, 0.6) is 0 Å². The quantitative estimate of drug-likeness (QED) is 0.591. The molecule has 9 heteroatoms. The first-order valence-corrected chi connectivity index (χ1v) is 12.9. The van der Waals surface area contributed by atoms with Crippen LogP contribution in [0.3, 0.4) is 0 Å². The third kappa shape index (κ3) is 6.72. The van der Waals surface area contributed by atoms with Crippen molar-refractivity contribution in [1.29, 1.82) is 0 Å². The fraction of sp³-hybridized carbons (Fsp3) is 0.464. The third-order valence-electron chi connectivity index (χ3n) is 6.99. The summed E-state index contributed by atoms with van der Waals surface area (Å²) in [5.41, 5.74) is 4.88. The number of carbonyl (C=O) groups excluding carboxylic acids is 2. The Labute approximate surface area is 218 Å². The molecule has 1 fully saturated rings. The van der Waals surface area contributed by atoms with E-state index in [2.05, 4.69) is 23.2 Å². The number of ether oxygens (including phenoxy) is 1. The molecular formula is C28H36FN5O3. The number of hydrogen-bond acceptors (Lipinski definition) is 5. The Morgan fingerprint density at radius 3 is 2.51 bits per heavy atom. The monoisotopic (exact) mass is 509 g/mol. The van der Waals surface area contributed by atoms with E-state index in [1.165, 1.54) is 22.7 Å². The van der Waals surface area contributed by atoms with Gasteiger partial charge in [0.25, 0.3) is 5.91 Å². The van der Waals surface area contributed by atoms with Gasteiger partial charge in [-0.15, -0.1) is 0 Å². The summed E-state index contributed by atoms with van der Waals surface area (Å²) in [6.07, 6.45) is 0.509. The maximum Gasteiger partial charge on any atom is 0.317 e. The van der Waals surface area contributed by atoms with Crippen molar-refractivity contribution in [3.63, 3.8) is 0 Å². The molecule has 8 nitrogen and oxygen atoms in total. The molecule has 0 saturated carbocycles. The minimum Gasteiger partial charge on any atom is -0.379 e. The Kier molecular flexibility index (Phi) is 8.89. The maximum atomic E-state index is 13.7. The molecule has 0 spiro atoms. The van der Waals surface area contributed by atoms with Gasteiger partial charge in [-0.3, -0.25) is 9.69 Å². The number of hydrazone groups is 1. The number of morpholine rings is 1. The Morgan fingerprint density at radius 2 is 1.84 bits per heavy atom. The second-order valence-corrected chi connectivity index (χ2v) is 9.57. The van der Waals surface area contributed by atoms with Crippen LogP contribution in [0.25, 0.3) is 0 Å². The van der Waals surface area contributed by atoms with E-state index >= 15 is 0 Å². The number of urea groups is 1. The Bertz CT molecular complexity index is 1130. The smallest absolute Gasteiger partial charge is 0.317 e. The van der Waals surface area contributed by atoms with Crippen LogP contribution in [0.1, 0.15) is 41.6 Å². The minimum atomic E-state index is -0.375. The average molecular weight is 510 g/mol. The van der Waals surface area contributed by atoms with Gasteiger partial charge in [0.05, 0.1) is 25.0 Å². The van der Waals surface area contributed by atoms with E-state index in [1.807, 2.05) is 26.0 Å². The van der Waals surface area contributed by atoms with Crippen molar-refractivity contribution in [3.8, 4) is 0 Å². The van der Waals surface area contributed by atoms with Gasteiger partial charge in [0.15, 0.2) is 0 Å². The van der Waals surface area contributed by atoms with Crippen LogP contribution in [0.2, 0.25) is 0 Å². The van der Waals surface area contributed by atoms with E-state index in [-0.39, 0.29) is 30.3 Å². The second kappa shape index (κ2) is 12.3. The fourth-order valence-electron chi connectivity index (χ4n) is 4.62. The van der Waals surface area contributed by atoms with Gasteiger partial charge in [-0.25, -0.2) is 14.2 Å². The van der Waals surface area contributed by atoms with Crippen molar-refractivity contribution in [2.45, 2.75) is 33.2 Å². The molecule has 2 heterocycles. The van der Waals surface area contributed by atoms with Crippen molar-refractivity contribution in [2.75, 3.05) is 52.5 Å². The first-order valence-electron chi connectivity index (χ1n) is 12.9. The normalized spacial score (nSPS) is 18.0. The van der Waals surface area contributed by atoms with Gasteiger partial charge in [-0.05, 0) is 61.2 Å². The lowest BCUT2D eigenvalue weighted by Gasteiger charge is -2.31. The number of carbonyl (C=O) groups is 2. The number of halogens is 1. The van der Waals surface area contributed by atoms with Crippen molar-refractivity contribution >= 4 is 17.6 Å². The predicted molar refractivity (Wildman–Crippen MR) is 141 cm³/mol. The van der Waals surface area contributed by atoms with Crippen molar-refractivity contribution in [3.05, 3.63) is 70.5 Å². The van der Waals surface area contributed by atoms with Crippen molar-refractivity contribution in [1.82, 2.24) is 20.1 Å². The standard InChI is InChI=1S/C28H36FN5O3/c1-4-30-28(36)33(12-11-32-13-15-37-16-14-32)19-27(35)34-26(22-7-9-24(29)10-8-22)18-25(31-34)23-6-5-20(2)21(3)17-23/h5-10,17,26H,4,11-16,18-19H2,1-3H3,(H,30,36). The summed E-state index contributed by atoms with van der Waals surface area (Å²) in [5.74, 6) is -0.609. The summed E-state index contributed by atoms with van der Waals surface area (Å²) < 4.78 is 19.1. The van der Waals surface area contributed by atoms with Gasteiger partial charge in [0.2, 0.25) is 0 Å². The summed E-state index contributed by atoms with van der Waals surface area (Å²) >= 11 is 0. The molecule has 1 N–H and O–H groups in total. The number of benzene rings is 2. The summed E-state index contributed by atoms with van der Waals surface area (Å²) in [5, 5.41) is 9.03. The highest BCUT2D eigenvalue weighted by Gasteiger charge is 2.34. The first kappa shape index (κ1) is 26.8.